The lowest BCUT2D eigenvalue weighted by Gasteiger charge is -2.39. The average Bonchev–Trinajstić information content (AvgIpc) is 3.96. The molecule has 13 heteroatoms. The number of unbranched alkanes of at least 4 members (excludes halogenated alkanes) is 12. The lowest BCUT2D eigenvalue weighted by atomic mass is 9.96. The van der Waals surface area contributed by atoms with Gasteiger partial charge in [0.2, 0.25) is 0 Å². The first-order valence-electron chi connectivity index (χ1n) is 31.8. The summed E-state index contributed by atoms with van der Waals surface area (Å²) in [6.45, 7) is 45.1. The molecule has 0 radical (unpaired) electrons. The van der Waals surface area contributed by atoms with Crippen LogP contribution in [0.2, 0.25) is 0 Å². The predicted molar refractivity (Wildman–Crippen MR) is 333 cm³/mol. The van der Waals surface area contributed by atoms with Crippen LogP contribution in [0.15, 0.2) is 48.5 Å². The van der Waals surface area contributed by atoms with Crippen molar-refractivity contribution in [1.29, 1.82) is 0 Å². The minimum Gasteiger partial charge on any atom is -0.759 e. The lowest BCUT2D eigenvalue weighted by molar-refractivity contribution is -0.929. The largest absolute Gasteiger partial charge is 0.759 e. The van der Waals surface area contributed by atoms with Crippen molar-refractivity contribution < 1.29 is 48.1 Å². The standard InChI is InChI=1S/C17H12O4S.3C16H36N.H2O4S/c18-22(19,20)21-13-6-9-15-12(10-13)5-8-16-14-3-1-2-11(14)4-7-17(15)16;3*1-5-9-13-17(14-10-6-2,15-11-7-3)16-12-8-4;1-5(2,3)4/h1-2,4-10H,3H2,(H,18,19,20);3*5-16H2,1-4H3;(H2,1,2,3,4)/q;3*+1;/p-3. The average molecular weight is 1130 g/mol. The number of benzene rings is 3. The van der Waals surface area contributed by atoms with Gasteiger partial charge in [-0.25, -0.2) is 8.42 Å². The molecule has 0 saturated heterocycles. The van der Waals surface area contributed by atoms with Crippen LogP contribution in [0.5, 0.6) is 5.75 Å². The van der Waals surface area contributed by atoms with Gasteiger partial charge in [-0.05, 0) is 128 Å². The molecule has 0 saturated carbocycles. The van der Waals surface area contributed by atoms with Gasteiger partial charge in [-0.1, -0.05) is 203 Å². The zero-order valence-corrected chi connectivity index (χ0v) is 53.9. The van der Waals surface area contributed by atoms with Crippen LogP contribution in [0.3, 0.4) is 0 Å². The monoisotopic (exact) mass is 1130 g/mol. The third kappa shape index (κ3) is 33.3. The Labute approximate surface area is 481 Å². The Bertz CT molecular complexity index is 2010. The summed E-state index contributed by atoms with van der Waals surface area (Å²) in [5.74, 6) is 0.0321. The number of nitrogens with zero attached hydrogens (tertiary/aromatic N) is 3. The number of allylic oxidation sites excluding steroid dienone is 1. The minimum absolute atomic E-state index is 0.0321. The normalized spacial score (nSPS) is 12.4. The fraction of sp³-hybridized carbons (Fsp3) is 0.754. The van der Waals surface area contributed by atoms with Crippen LogP contribution in [0.4, 0.5) is 0 Å². The molecule has 0 spiro atoms. The van der Waals surface area contributed by atoms with Crippen LogP contribution in [0.1, 0.15) is 248 Å². The van der Waals surface area contributed by atoms with Gasteiger partial charge in [-0.3, -0.25) is 8.42 Å². The molecule has 454 valence electrons. The number of quaternary nitrogens is 3. The van der Waals surface area contributed by atoms with Gasteiger partial charge in [0, 0.05) is 10.4 Å². The molecule has 3 aromatic rings. The van der Waals surface area contributed by atoms with E-state index in [0.717, 1.165) is 22.6 Å². The second-order valence-corrected chi connectivity index (χ2v) is 24.4. The number of hydrogen-bond donors (Lipinski definition) is 0. The third-order valence-electron chi connectivity index (χ3n) is 15.8. The molecule has 0 bridgehead atoms. The smallest absolute Gasteiger partial charge is 0.262 e. The van der Waals surface area contributed by atoms with E-state index in [4.69, 9.17) is 17.5 Å². The Hall–Kier alpha value is -2.62. The van der Waals surface area contributed by atoms with E-state index in [0.29, 0.717) is 0 Å². The van der Waals surface area contributed by atoms with Gasteiger partial charge in [-0.2, -0.15) is 0 Å². The minimum atomic E-state index is -5.17. The van der Waals surface area contributed by atoms with Crippen LogP contribution in [0.25, 0.3) is 27.6 Å². The molecular weight excluding hydrogens is 1010 g/mol. The van der Waals surface area contributed by atoms with E-state index in [-0.39, 0.29) is 5.75 Å². The summed E-state index contributed by atoms with van der Waals surface area (Å²) in [5, 5.41) is 4.14. The van der Waals surface area contributed by atoms with Gasteiger partial charge >= 0.3 is 0 Å². The fourth-order valence-corrected chi connectivity index (χ4v) is 11.3. The van der Waals surface area contributed by atoms with Gasteiger partial charge in [-0.15, -0.1) is 0 Å². The number of fused-ring (bicyclic) bond motifs is 5. The highest BCUT2D eigenvalue weighted by molar-refractivity contribution is 7.81. The van der Waals surface area contributed by atoms with Crippen molar-refractivity contribution in [2.75, 3.05) is 78.5 Å². The van der Waals surface area contributed by atoms with E-state index in [1.54, 1.807) is 12.1 Å². The maximum absolute atomic E-state index is 10.7. The Kier molecular flexibility index (Phi) is 42.5. The summed E-state index contributed by atoms with van der Waals surface area (Å²) in [6, 6.07) is 13.0. The van der Waals surface area contributed by atoms with Crippen molar-refractivity contribution in [3.8, 4) is 5.75 Å². The van der Waals surface area contributed by atoms with Crippen LogP contribution in [-0.2, 0) is 27.2 Å². The first-order chi connectivity index (χ1) is 37.2. The van der Waals surface area contributed by atoms with E-state index >= 15 is 0 Å². The van der Waals surface area contributed by atoms with Crippen molar-refractivity contribution in [2.24, 2.45) is 0 Å². The zero-order chi connectivity index (χ0) is 58.8. The quantitative estimate of drug-likeness (QED) is 0.0238. The fourth-order valence-electron chi connectivity index (χ4n) is 11.0. The zero-order valence-electron chi connectivity index (χ0n) is 52.3. The molecule has 1 aliphatic rings. The SMILES string of the molecule is CCCC[N+](CCCC)(CCCC)CCCC.CCCC[N+](CCCC)(CCCC)CCCC.CCCC[N+](CCCC)(CCCC)CCCC.O=S(=O)([O-])Oc1ccc2c(ccc3c4c(ccc32)C=CC4)c1.O=S(=O)([O-])[O-]. The summed E-state index contributed by atoms with van der Waals surface area (Å²) >= 11 is 0. The highest BCUT2D eigenvalue weighted by Crippen LogP contribution is 2.34. The van der Waals surface area contributed by atoms with Gasteiger partial charge in [0.1, 0.15) is 5.75 Å². The molecule has 78 heavy (non-hydrogen) atoms. The number of hydrogen-bond acceptors (Lipinski definition) is 8. The first kappa shape index (κ1) is 75.4. The maximum atomic E-state index is 10.7. The molecule has 0 unspecified atom stereocenters. The summed E-state index contributed by atoms with van der Waals surface area (Å²) in [6.07, 6.45) is 38.4. The summed E-state index contributed by atoms with van der Waals surface area (Å²) in [4.78, 5) is 0. The van der Waals surface area contributed by atoms with Crippen molar-refractivity contribution in [3.05, 3.63) is 59.7 Å². The van der Waals surface area contributed by atoms with Gasteiger partial charge in [0.25, 0.3) is 10.4 Å². The molecule has 0 atom stereocenters. The van der Waals surface area contributed by atoms with E-state index in [1.165, 1.54) is 269 Å². The van der Waals surface area contributed by atoms with Crippen molar-refractivity contribution in [1.82, 2.24) is 0 Å². The highest BCUT2D eigenvalue weighted by atomic mass is 32.3. The molecule has 4 rings (SSSR count). The topological polar surface area (TPSA) is 147 Å². The summed E-state index contributed by atoms with van der Waals surface area (Å²) < 4.78 is 74.8. The highest BCUT2D eigenvalue weighted by Gasteiger charge is 2.27. The van der Waals surface area contributed by atoms with Gasteiger partial charge < -0.3 is 31.3 Å². The first-order valence-corrected chi connectivity index (χ1v) is 34.4. The summed E-state index contributed by atoms with van der Waals surface area (Å²) in [7, 11) is -9.92. The maximum Gasteiger partial charge on any atom is 0.262 e. The molecule has 1 aliphatic carbocycles. The molecular formula is C65H119N3O8S2. The predicted octanol–water partition coefficient (Wildman–Crippen LogP) is 17.1. The van der Waals surface area contributed by atoms with Crippen molar-refractivity contribution in [3.63, 3.8) is 0 Å². The van der Waals surface area contributed by atoms with E-state index in [9.17, 15) is 13.0 Å². The van der Waals surface area contributed by atoms with Crippen molar-refractivity contribution in [2.45, 2.75) is 244 Å². The van der Waals surface area contributed by atoms with Crippen LogP contribution in [-0.4, -0.2) is 122 Å². The lowest BCUT2D eigenvalue weighted by Crippen LogP contribution is -2.50. The van der Waals surface area contributed by atoms with Crippen LogP contribution in [0, 0.1) is 0 Å². The second-order valence-electron chi connectivity index (χ2n) is 22.6. The summed E-state index contributed by atoms with van der Waals surface area (Å²) in [5.41, 5.74) is 2.55. The van der Waals surface area contributed by atoms with E-state index < -0.39 is 20.8 Å². The van der Waals surface area contributed by atoms with E-state index in [1.807, 2.05) is 12.1 Å². The molecule has 3 aromatic carbocycles. The van der Waals surface area contributed by atoms with Gasteiger partial charge in [0.05, 0.1) is 78.5 Å². The molecule has 0 amide bonds. The third-order valence-corrected chi connectivity index (χ3v) is 16.2. The van der Waals surface area contributed by atoms with E-state index in [2.05, 4.69) is 112 Å². The van der Waals surface area contributed by atoms with Crippen molar-refractivity contribution >= 4 is 48.4 Å². The molecule has 0 N–H and O–H groups in total. The Morgan fingerprint density at radius 3 is 0.923 bits per heavy atom. The molecule has 11 nitrogen and oxygen atoms in total. The molecule has 0 heterocycles. The van der Waals surface area contributed by atoms with Gasteiger partial charge in [0.15, 0.2) is 0 Å². The number of rotatable bonds is 38. The molecule has 0 fully saturated rings. The second kappa shape index (κ2) is 44.0. The molecule has 0 aromatic heterocycles. The van der Waals surface area contributed by atoms with Crippen LogP contribution < -0.4 is 4.18 Å². The Morgan fingerprint density at radius 1 is 0.385 bits per heavy atom. The Balaban J connectivity index is 0.000000992. The van der Waals surface area contributed by atoms with Crippen LogP contribution >= 0.6 is 0 Å². The Morgan fingerprint density at radius 2 is 0.654 bits per heavy atom. The molecule has 0 aliphatic heterocycles.